The predicted molar refractivity (Wildman–Crippen MR) is 110 cm³/mol. The highest BCUT2D eigenvalue weighted by molar-refractivity contribution is 5.98. The van der Waals surface area contributed by atoms with Gasteiger partial charge in [0.15, 0.2) is 5.82 Å². The first-order valence-corrected chi connectivity index (χ1v) is 9.88. The Balaban J connectivity index is 1.33. The highest BCUT2D eigenvalue weighted by Gasteiger charge is 2.23. The first-order valence-electron chi connectivity index (χ1n) is 9.88. The van der Waals surface area contributed by atoms with E-state index in [2.05, 4.69) is 25.1 Å². The third kappa shape index (κ3) is 3.18. The lowest BCUT2D eigenvalue weighted by atomic mass is 10.1. The molecule has 29 heavy (non-hydrogen) atoms. The van der Waals surface area contributed by atoms with Crippen molar-refractivity contribution >= 4 is 16.8 Å². The molecule has 1 amide bonds. The van der Waals surface area contributed by atoms with Gasteiger partial charge in [-0.3, -0.25) is 9.78 Å². The van der Waals surface area contributed by atoms with Gasteiger partial charge in [0.1, 0.15) is 11.5 Å². The minimum Gasteiger partial charge on any atom is -0.348 e. The maximum absolute atomic E-state index is 12.9. The van der Waals surface area contributed by atoms with E-state index in [0.717, 1.165) is 53.9 Å². The number of hydrogen-bond donors (Lipinski definition) is 1. The molecule has 0 fully saturated rings. The molecule has 1 atom stereocenters. The summed E-state index contributed by atoms with van der Waals surface area (Å²) in [5, 5.41) is 13.1. The largest absolute Gasteiger partial charge is 0.348 e. The zero-order chi connectivity index (χ0) is 19.8. The molecule has 0 saturated heterocycles. The van der Waals surface area contributed by atoms with E-state index in [1.54, 1.807) is 12.4 Å². The molecule has 1 aliphatic rings. The van der Waals surface area contributed by atoms with Crippen LogP contribution in [0.5, 0.6) is 0 Å². The number of para-hydroxylation sites is 1. The number of aromatic nitrogens is 5. The lowest BCUT2D eigenvalue weighted by Gasteiger charge is -2.16. The van der Waals surface area contributed by atoms with Gasteiger partial charge in [-0.1, -0.05) is 18.2 Å². The average molecular weight is 386 g/mol. The molecular weight excluding hydrogens is 364 g/mol. The van der Waals surface area contributed by atoms with E-state index in [1.165, 1.54) is 0 Å². The molecule has 0 bridgehead atoms. The zero-order valence-electron chi connectivity index (χ0n) is 16.2. The van der Waals surface area contributed by atoms with Gasteiger partial charge in [-0.15, -0.1) is 10.2 Å². The molecule has 4 aromatic rings. The molecule has 7 nitrogen and oxygen atoms in total. The van der Waals surface area contributed by atoms with Crippen molar-refractivity contribution in [1.82, 2.24) is 29.6 Å². The normalized spacial score (nSPS) is 16.4. The van der Waals surface area contributed by atoms with E-state index in [-0.39, 0.29) is 11.9 Å². The van der Waals surface area contributed by atoms with Crippen molar-refractivity contribution in [3.05, 3.63) is 66.4 Å². The van der Waals surface area contributed by atoms with Gasteiger partial charge in [0.25, 0.3) is 5.91 Å². The van der Waals surface area contributed by atoms with Crippen LogP contribution < -0.4 is 5.32 Å². The number of carbonyl (C=O) groups is 1. The van der Waals surface area contributed by atoms with Gasteiger partial charge in [0, 0.05) is 54.9 Å². The molecular formula is C22H22N6O. The van der Waals surface area contributed by atoms with Crippen LogP contribution in [0.2, 0.25) is 0 Å². The second kappa shape index (κ2) is 7.16. The summed E-state index contributed by atoms with van der Waals surface area (Å²) in [6.07, 6.45) is 6.02. The standard InChI is InChI=1S/C22H22N6O/c1-27-18-5-3-2-4-16(18)14-19(27)22(29)24-17-6-7-20-25-26-21(28(20)13-10-17)15-8-11-23-12-9-15/h2-5,8-9,11-12,14,17H,6-7,10,13H2,1H3,(H,24,29). The average Bonchev–Trinajstić information content (AvgIpc) is 3.25. The Kier molecular flexibility index (Phi) is 4.35. The summed E-state index contributed by atoms with van der Waals surface area (Å²) < 4.78 is 4.12. The first kappa shape index (κ1) is 17.6. The second-order valence-electron chi connectivity index (χ2n) is 7.47. The van der Waals surface area contributed by atoms with Gasteiger partial charge in [-0.05, 0) is 37.1 Å². The maximum Gasteiger partial charge on any atom is 0.268 e. The van der Waals surface area contributed by atoms with Crippen molar-refractivity contribution in [3.63, 3.8) is 0 Å². The van der Waals surface area contributed by atoms with Gasteiger partial charge in [0.2, 0.25) is 0 Å². The smallest absolute Gasteiger partial charge is 0.268 e. The maximum atomic E-state index is 12.9. The van der Waals surface area contributed by atoms with E-state index in [0.29, 0.717) is 5.69 Å². The van der Waals surface area contributed by atoms with E-state index in [1.807, 2.05) is 54.1 Å². The summed E-state index contributed by atoms with van der Waals surface area (Å²) in [6, 6.07) is 14.0. The minimum atomic E-state index is -0.0271. The van der Waals surface area contributed by atoms with Crippen LogP contribution in [0.3, 0.4) is 0 Å². The summed E-state index contributed by atoms with van der Waals surface area (Å²) in [5.41, 5.74) is 2.76. The van der Waals surface area contributed by atoms with Crippen molar-refractivity contribution < 1.29 is 4.79 Å². The van der Waals surface area contributed by atoms with Crippen LogP contribution in [0.1, 0.15) is 29.2 Å². The number of fused-ring (bicyclic) bond motifs is 2. The molecule has 7 heteroatoms. The van der Waals surface area contributed by atoms with E-state index in [9.17, 15) is 4.79 Å². The molecule has 4 heterocycles. The Morgan fingerprint density at radius 2 is 1.93 bits per heavy atom. The van der Waals surface area contributed by atoms with Crippen molar-refractivity contribution in [1.29, 1.82) is 0 Å². The fourth-order valence-corrected chi connectivity index (χ4v) is 4.11. The molecule has 1 aromatic carbocycles. The van der Waals surface area contributed by atoms with Crippen molar-refractivity contribution in [2.75, 3.05) is 0 Å². The predicted octanol–water partition coefficient (Wildman–Crippen LogP) is 2.97. The monoisotopic (exact) mass is 386 g/mol. The minimum absolute atomic E-state index is 0.0271. The zero-order valence-corrected chi connectivity index (χ0v) is 16.2. The first-order chi connectivity index (χ1) is 14.2. The van der Waals surface area contributed by atoms with Crippen molar-refractivity contribution in [2.24, 2.45) is 7.05 Å². The van der Waals surface area contributed by atoms with Crippen molar-refractivity contribution in [3.8, 4) is 11.4 Å². The fraction of sp³-hybridized carbons (Fsp3) is 0.273. The van der Waals surface area contributed by atoms with Gasteiger partial charge < -0.3 is 14.5 Å². The van der Waals surface area contributed by atoms with Crippen LogP contribution in [0.4, 0.5) is 0 Å². The molecule has 0 aliphatic carbocycles. The second-order valence-corrected chi connectivity index (χ2v) is 7.47. The third-order valence-electron chi connectivity index (χ3n) is 5.70. The SMILES string of the molecule is Cn1c(C(=O)NC2CCc3nnc(-c4ccncc4)n3CC2)cc2ccccc21. The van der Waals surface area contributed by atoms with E-state index in [4.69, 9.17) is 0 Å². The Morgan fingerprint density at radius 1 is 1.10 bits per heavy atom. The van der Waals surface area contributed by atoms with Crippen LogP contribution in [0.15, 0.2) is 54.9 Å². The van der Waals surface area contributed by atoms with Gasteiger partial charge in [-0.25, -0.2) is 0 Å². The molecule has 1 aliphatic heterocycles. The molecule has 5 rings (SSSR count). The van der Waals surface area contributed by atoms with Crippen LogP contribution >= 0.6 is 0 Å². The number of nitrogens with zero attached hydrogens (tertiary/aromatic N) is 5. The van der Waals surface area contributed by atoms with Crippen LogP contribution in [-0.2, 0) is 20.0 Å². The Hall–Kier alpha value is -3.48. The quantitative estimate of drug-likeness (QED) is 0.587. The fourth-order valence-electron chi connectivity index (χ4n) is 4.11. The molecule has 1 unspecified atom stereocenters. The summed E-state index contributed by atoms with van der Waals surface area (Å²) >= 11 is 0. The lowest BCUT2D eigenvalue weighted by Crippen LogP contribution is -2.36. The number of carbonyl (C=O) groups excluding carboxylic acids is 1. The topological polar surface area (TPSA) is 77.6 Å². The molecule has 3 aromatic heterocycles. The highest BCUT2D eigenvalue weighted by atomic mass is 16.2. The van der Waals surface area contributed by atoms with Gasteiger partial charge in [-0.2, -0.15) is 0 Å². The lowest BCUT2D eigenvalue weighted by molar-refractivity contribution is 0.0925. The Bertz CT molecular complexity index is 1180. The van der Waals surface area contributed by atoms with E-state index < -0.39 is 0 Å². The number of rotatable bonds is 3. The van der Waals surface area contributed by atoms with Crippen molar-refractivity contribution in [2.45, 2.75) is 31.8 Å². The molecule has 0 radical (unpaired) electrons. The summed E-state index contributed by atoms with van der Waals surface area (Å²) in [7, 11) is 1.94. The Labute approximate surface area is 168 Å². The highest BCUT2D eigenvalue weighted by Crippen LogP contribution is 2.23. The summed E-state index contributed by atoms with van der Waals surface area (Å²) in [5.74, 6) is 1.81. The number of benzene rings is 1. The van der Waals surface area contributed by atoms with Gasteiger partial charge in [0.05, 0.1) is 0 Å². The molecule has 0 saturated carbocycles. The molecule has 1 N–H and O–H groups in total. The van der Waals surface area contributed by atoms with Crippen LogP contribution in [0.25, 0.3) is 22.3 Å². The third-order valence-corrected chi connectivity index (χ3v) is 5.70. The Morgan fingerprint density at radius 3 is 2.76 bits per heavy atom. The summed E-state index contributed by atoms with van der Waals surface area (Å²) in [6.45, 7) is 0.778. The van der Waals surface area contributed by atoms with Crippen LogP contribution in [0, 0.1) is 0 Å². The molecule has 0 spiro atoms. The number of nitrogens with one attached hydrogen (secondary N) is 1. The van der Waals surface area contributed by atoms with Gasteiger partial charge >= 0.3 is 0 Å². The number of hydrogen-bond acceptors (Lipinski definition) is 4. The number of amides is 1. The van der Waals surface area contributed by atoms with E-state index >= 15 is 0 Å². The number of aryl methyl sites for hydroxylation is 2. The van der Waals surface area contributed by atoms with Crippen LogP contribution in [-0.4, -0.2) is 36.3 Å². The number of pyridine rings is 1. The summed E-state index contributed by atoms with van der Waals surface area (Å²) in [4.78, 5) is 17.0. The molecule has 146 valence electrons.